The van der Waals surface area contributed by atoms with E-state index in [0.29, 0.717) is 0 Å². The zero-order valence-corrected chi connectivity index (χ0v) is 20.1. The molecular formula is C33H21NS. The Morgan fingerprint density at radius 2 is 1.17 bits per heavy atom. The molecule has 164 valence electrons. The Morgan fingerprint density at radius 3 is 2.00 bits per heavy atom. The molecule has 0 amide bonds. The first-order valence-electron chi connectivity index (χ1n) is 12.0. The lowest BCUT2D eigenvalue weighted by Gasteiger charge is -2.09. The quantitative estimate of drug-likeness (QED) is 0.214. The number of nitrogens with zero attached hydrogens (tertiary/aromatic N) is 1. The van der Waals surface area contributed by atoms with Gasteiger partial charge in [0.05, 0.1) is 5.52 Å². The number of benzene rings is 6. The van der Waals surface area contributed by atoms with Crippen molar-refractivity contribution in [3.63, 3.8) is 0 Å². The van der Waals surface area contributed by atoms with E-state index in [0.717, 1.165) is 0 Å². The van der Waals surface area contributed by atoms with Crippen molar-refractivity contribution in [1.82, 2.24) is 4.57 Å². The lowest BCUT2D eigenvalue weighted by atomic mass is 9.93. The smallest absolute Gasteiger partial charge is 0.0575 e. The summed E-state index contributed by atoms with van der Waals surface area (Å²) in [5, 5.41) is 10.6. The topological polar surface area (TPSA) is 4.93 Å². The molecule has 0 saturated heterocycles. The van der Waals surface area contributed by atoms with Gasteiger partial charge >= 0.3 is 0 Å². The molecule has 1 nitrogen and oxygen atoms in total. The van der Waals surface area contributed by atoms with E-state index in [9.17, 15) is 0 Å². The Labute approximate surface area is 206 Å². The van der Waals surface area contributed by atoms with Crippen molar-refractivity contribution < 1.29 is 0 Å². The maximum absolute atomic E-state index is 2.39. The summed E-state index contributed by atoms with van der Waals surface area (Å²) in [7, 11) is 2.21. The lowest BCUT2D eigenvalue weighted by Crippen LogP contribution is -1.88. The largest absolute Gasteiger partial charge is 0.343 e. The van der Waals surface area contributed by atoms with Gasteiger partial charge in [-0.1, -0.05) is 91.0 Å². The summed E-state index contributed by atoms with van der Waals surface area (Å²) in [5.74, 6) is 0. The first-order chi connectivity index (χ1) is 17.3. The number of hydrogen-bond donors (Lipinski definition) is 0. The second-order valence-electron chi connectivity index (χ2n) is 9.38. The van der Waals surface area contributed by atoms with Crippen LogP contribution in [0.5, 0.6) is 0 Å². The standard InChI is InChI=1S/C33H21NS/c1-34-28-15-8-14-21(20-17-18-25-24-11-6-7-16-29(24)35-30(25)19-20)31(28)32-26-12-4-2-9-22(26)23-10-3-5-13-27(23)33(32)34/h2-19H,1H3. The van der Waals surface area contributed by atoms with Crippen molar-refractivity contribution in [2.45, 2.75) is 0 Å². The van der Waals surface area contributed by atoms with E-state index >= 15 is 0 Å². The van der Waals surface area contributed by atoms with Gasteiger partial charge in [0.1, 0.15) is 0 Å². The lowest BCUT2D eigenvalue weighted by molar-refractivity contribution is 1.02. The summed E-state index contributed by atoms with van der Waals surface area (Å²) < 4.78 is 5.08. The predicted octanol–water partition coefficient (Wildman–Crippen LogP) is 9.67. The van der Waals surface area contributed by atoms with Gasteiger partial charge in [0.2, 0.25) is 0 Å². The van der Waals surface area contributed by atoms with Gasteiger partial charge in [0.15, 0.2) is 0 Å². The molecule has 0 aliphatic rings. The summed E-state index contributed by atoms with van der Waals surface area (Å²) >= 11 is 1.88. The number of aryl methyl sites for hydroxylation is 1. The molecule has 0 radical (unpaired) electrons. The molecule has 0 aliphatic heterocycles. The minimum atomic E-state index is 1.27. The summed E-state index contributed by atoms with van der Waals surface area (Å²) in [6.07, 6.45) is 0. The third-order valence-electron chi connectivity index (χ3n) is 7.58. The summed E-state index contributed by atoms with van der Waals surface area (Å²) in [6, 6.07) is 40.2. The monoisotopic (exact) mass is 463 g/mol. The molecule has 2 heteroatoms. The fourth-order valence-electron chi connectivity index (χ4n) is 6.06. The Bertz CT molecular complexity index is 2120. The number of aromatic nitrogens is 1. The van der Waals surface area contributed by atoms with Gasteiger partial charge in [0.25, 0.3) is 0 Å². The van der Waals surface area contributed by atoms with E-state index in [-0.39, 0.29) is 0 Å². The van der Waals surface area contributed by atoms with E-state index in [1.807, 2.05) is 11.3 Å². The van der Waals surface area contributed by atoms with E-state index in [1.54, 1.807) is 0 Å². The predicted molar refractivity (Wildman–Crippen MR) is 154 cm³/mol. The van der Waals surface area contributed by atoms with E-state index in [2.05, 4.69) is 121 Å². The van der Waals surface area contributed by atoms with Gasteiger partial charge < -0.3 is 4.57 Å². The Balaban J connectivity index is 1.56. The van der Waals surface area contributed by atoms with Gasteiger partial charge in [-0.2, -0.15) is 0 Å². The fourth-order valence-corrected chi connectivity index (χ4v) is 7.21. The van der Waals surface area contributed by atoms with Crippen LogP contribution in [0.15, 0.2) is 109 Å². The highest BCUT2D eigenvalue weighted by Gasteiger charge is 2.19. The van der Waals surface area contributed by atoms with E-state index in [4.69, 9.17) is 0 Å². The molecule has 6 aromatic carbocycles. The van der Waals surface area contributed by atoms with Crippen LogP contribution in [0.25, 0.3) is 74.6 Å². The highest BCUT2D eigenvalue weighted by Crippen LogP contribution is 2.44. The molecule has 0 bridgehead atoms. The molecule has 0 saturated carbocycles. The van der Waals surface area contributed by atoms with Crippen LogP contribution in [0.3, 0.4) is 0 Å². The van der Waals surface area contributed by atoms with Crippen LogP contribution in [0.1, 0.15) is 0 Å². The minimum Gasteiger partial charge on any atom is -0.343 e. The number of fused-ring (bicyclic) bond motifs is 11. The zero-order valence-electron chi connectivity index (χ0n) is 19.2. The Hall–Kier alpha value is -4.14. The molecule has 35 heavy (non-hydrogen) atoms. The molecule has 0 fully saturated rings. The van der Waals surface area contributed by atoms with Crippen LogP contribution in [-0.2, 0) is 7.05 Å². The van der Waals surface area contributed by atoms with Crippen molar-refractivity contribution in [3.8, 4) is 11.1 Å². The third-order valence-corrected chi connectivity index (χ3v) is 8.72. The van der Waals surface area contributed by atoms with Gasteiger partial charge in [0, 0.05) is 48.9 Å². The first kappa shape index (κ1) is 19.2. The Kier molecular flexibility index (Phi) is 3.81. The fraction of sp³-hybridized carbons (Fsp3) is 0.0303. The van der Waals surface area contributed by atoms with Crippen molar-refractivity contribution in [1.29, 1.82) is 0 Å². The molecule has 2 aromatic heterocycles. The number of hydrogen-bond acceptors (Lipinski definition) is 1. The molecule has 0 N–H and O–H groups in total. The normalized spacial score (nSPS) is 12.1. The molecule has 0 spiro atoms. The summed E-state index contributed by atoms with van der Waals surface area (Å²) in [6.45, 7) is 0. The van der Waals surface area contributed by atoms with E-state index in [1.165, 1.54) is 74.6 Å². The number of thiophene rings is 1. The molecule has 0 aliphatic carbocycles. The van der Waals surface area contributed by atoms with Gasteiger partial charge in [-0.05, 0) is 45.5 Å². The highest BCUT2D eigenvalue weighted by molar-refractivity contribution is 7.25. The van der Waals surface area contributed by atoms with Crippen LogP contribution in [0.4, 0.5) is 0 Å². The second-order valence-corrected chi connectivity index (χ2v) is 10.5. The first-order valence-corrected chi connectivity index (χ1v) is 12.8. The maximum atomic E-state index is 2.39. The molecule has 8 aromatic rings. The van der Waals surface area contributed by atoms with Crippen LogP contribution >= 0.6 is 11.3 Å². The van der Waals surface area contributed by atoms with Crippen molar-refractivity contribution >= 4 is 74.9 Å². The van der Waals surface area contributed by atoms with Gasteiger partial charge in [-0.3, -0.25) is 0 Å². The van der Waals surface area contributed by atoms with Crippen molar-refractivity contribution in [2.24, 2.45) is 7.05 Å². The SMILES string of the molecule is Cn1c2cccc(-c3ccc4c(c3)sc3ccccc34)c2c2c3ccccc3c3ccccc3c21. The second kappa shape index (κ2) is 6.94. The average Bonchev–Trinajstić information content (AvgIpc) is 3.44. The van der Waals surface area contributed by atoms with Crippen LogP contribution < -0.4 is 0 Å². The minimum absolute atomic E-state index is 1.27. The van der Waals surface area contributed by atoms with Gasteiger partial charge in [-0.25, -0.2) is 0 Å². The average molecular weight is 464 g/mol. The molecule has 0 unspecified atom stereocenters. The molecular weight excluding hydrogens is 442 g/mol. The van der Waals surface area contributed by atoms with Crippen LogP contribution in [0, 0.1) is 0 Å². The molecule has 8 rings (SSSR count). The van der Waals surface area contributed by atoms with E-state index < -0.39 is 0 Å². The third kappa shape index (κ3) is 2.52. The summed E-state index contributed by atoms with van der Waals surface area (Å²) in [5.41, 5.74) is 5.16. The van der Waals surface area contributed by atoms with Crippen LogP contribution in [0.2, 0.25) is 0 Å². The molecule has 2 heterocycles. The summed E-state index contributed by atoms with van der Waals surface area (Å²) in [4.78, 5) is 0. The maximum Gasteiger partial charge on any atom is 0.0575 e. The Morgan fingerprint density at radius 1 is 0.514 bits per heavy atom. The van der Waals surface area contributed by atoms with Crippen molar-refractivity contribution in [2.75, 3.05) is 0 Å². The van der Waals surface area contributed by atoms with Crippen LogP contribution in [-0.4, -0.2) is 4.57 Å². The zero-order chi connectivity index (χ0) is 23.1. The van der Waals surface area contributed by atoms with Crippen molar-refractivity contribution in [3.05, 3.63) is 109 Å². The molecule has 0 atom stereocenters. The van der Waals surface area contributed by atoms with Gasteiger partial charge in [-0.15, -0.1) is 11.3 Å². The number of rotatable bonds is 1. The highest BCUT2D eigenvalue weighted by atomic mass is 32.1.